The summed E-state index contributed by atoms with van der Waals surface area (Å²) in [7, 11) is 0. The molecule has 1 amide bonds. The fourth-order valence-electron chi connectivity index (χ4n) is 1.18. The monoisotopic (exact) mass is 271 g/mol. The number of ether oxygens (including phenoxy) is 1. The van der Waals surface area contributed by atoms with Crippen LogP contribution in [0.1, 0.15) is 18.1 Å². The average Bonchev–Trinajstić information content (AvgIpc) is 2.20. The second-order valence-electron chi connectivity index (χ2n) is 3.14. The Morgan fingerprint density at radius 3 is 2.93 bits per heavy atom. The maximum absolute atomic E-state index is 11.1. The summed E-state index contributed by atoms with van der Waals surface area (Å²) in [5, 5.41) is 2.69. The van der Waals surface area contributed by atoms with Crippen molar-refractivity contribution in [3.05, 3.63) is 33.8 Å². The van der Waals surface area contributed by atoms with Crippen molar-refractivity contribution in [1.82, 2.24) is 5.32 Å². The van der Waals surface area contributed by atoms with Crippen molar-refractivity contribution >= 4 is 22.0 Å². The highest BCUT2D eigenvalue weighted by atomic mass is 79.9. The zero-order valence-corrected chi connectivity index (χ0v) is 10.4. The second-order valence-corrected chi connectivity index (χ2v) is 4.06. The Hall–Kier alpha value is -1.03. The second kappa shape index (κ2) is 5.75. The lowest BCUT2D eigenvalue weighted by molar-refractivity contribution is 0.151. The minimum absolute atomic E-state index is 0.378. The van der Waals surface area contributed by atoms with Gasteiger partial charge in [-0.15, -0.1) is 0 Å². The Morgan fingerprint density at radius 2 is 2.27 bits per heavy atom. The molecule has 0 spiro atoms. The molecule has 1 aromatic carbocycles. The lowest BCUT2D eigenvalue weighted by atomic mass is 10.1. The number of amides is 1. The average molecular weight is 272 g/mol. The molecule has 0 atom stereocenters. The van der Waals surface area contributed by atoms with E-state index in [4.69, 9.17) is 4.74 Å². The van der Waals surface area contributed by atoms with Crippen LogP contribution in [0.4, 0.5) is 4.79 Å². The van der Waals surface area contributed by atoms with E-state index in [1.807, 2.05) is 25.1 Å². The minimum Gasteiger partial charge on any atom is -0.450 e. The molecule has 0 radical (unpaired) electrons. The maximum atomic E-state index is 11.1. The van der Waals surface area contributed by atoms with Gasteiger partial charge in [-0.2, -0.15) is 0 Å². The smallest absolute Gasteiger partial charge is 0.407 e. The minimum atomic E-state index is -0.378. The Balaban J connectivity index is 2.57. The van der Waals surface area contributed by atoms with Crippen LogP contribution in [0.15, 0.2) is 22.7 Å². The van der Waals surface area contributed by atoms with Crippen LogP contribution in [0.5, 0.6) is 0 Å². The molecule has 0 aliphatic carbocycles. The molecule has 1 rings (SSSR count). The number of benzene rings is 1. The number of halogens is 1. The molecule has 0 unspecified atom stereocenters. The molecule has 0 saturated carbocycles. The van der Waals surface area contributed by atoms with Crippen molar-refractivity contribution in [1.29, 1.82) is 0 Å². The summed E-state index contributed by atoms with van der Waals surface area (Å²) in [4.78, 5) is 11.1. The lowest BCUT2D eigenvalue weighted by Gasteiger charge is -2.08. The van der Waals surface area contributed by atoms with Gasteiger partial charge in [0.1, 0.15) is 0 Å². The lowest BCUT2D eigenvalue weighted by Crippen LogP contribution is -2.24. The molecule has 82 valence electrons. The van der Waals surface area contributed by atoms with Gasteiger partial charge in [-0.25, -0.2) is 4.79 Å². The van der Waals surface area contributed by atoms with Crippen LogP contribution >= 0.6 is 15.9 Å². The van der Waals surface area contributed by atoms with Crippen molar-refractivity contribution in [3.8, 4) is 0 Å². The topological polar surface area (TPSA) is 38.3 Å². The number of aryl methyl sites for hydroxylation is 1. The molecule has 0 heterocycles. The number of rotatable bonds is 3. The Morgan fingerprint density at radius 1 is 1.53 bits per heavy atom. The largest absolute Gasteiger partial charge is 0.450 e. The molecule has 1 aromatic rings. The van der Waals surface area contributed by atoms with Gasteiger partial charge in [0.2, 0.25) is 0 Å². The molecule has 0 aliphatic rings. The highest BCUT2D eigenvalue weighted by Gasteiger charge is 2.03. The van der Waals surface area contributed by atoms with E-state index in [9.17, 15) is 4.79 Å². The van der Waals surface area contributed by atoms with Crippen molar-refractivity contribution in [2.24, 2.45) is 0 Å². The van der Waals surface area contributed by atoms with Crippen LogP contribution in [0, 0.1) is 6.92 Å². The van der Waals surface area contributed by atoms with Gasteiger partial charge in [0.15, 0.2) is 0 Å². The third kappa shape index (κ3) is 3.91. The van der Waals surface area contributed by atoms with Crippen LogP contribution in [0.25, 0.3) is 0 Å². The molecule has 0 fully saturated rings. The summed E-state index contributed by atoms with van der Waals surface area (Å²) in [6.07, 6.45) is -0.378. The van der Waals surface area contributed by atoms with E-state index in [1.54, 1.807) is 6.92 Å². The quantitative estimate of drug-likeness (QED) is 0.918. The first-order valence-electron chi connectivity index (χ1n) is 4.79. The van der Waals surface area contributed by atoms with E-state index in [1.165, 1.54) is 0 Å². The number of nitrogens with one attached hydrogen (secondary N) is 1. The maximum Gasteiger partial charge on any atom is 0.407 e. The van der Waals surface area contributed by atoms with Gasteiger partial charge < -0.3 is 10.1 Å². The molecule has 0 saturated heterocycles. The number of hydrogen-bond acceptors (Lipinski definition) is 2. The van der Waals surface area contributed by atoms with Gasteiger partial charge in [0.05, 0.1) is 6.61 Å². The van der Waals surface area contributed by atoms with Crippen molar-refractivity contribution in [2.75, 3.05) is 6.61 Å². The number of carbonyl (C=O) groups is 1. The Kier molecular flexibility index (Phi) is 4.62. The molecule has 4 heteroatoms. The van der Waals surface area contributed by atoms with E-state index in [0.29, 0.717) is 13.2 Å². The Bertz CT molecular complexity index is 352. The van der Waals surface area contributed by atoms with Crippen LogP contribution in [0.2, 0.25) is 0 Å². The van der Waals surface area contributed by atoms with Crippen molar-refractivity contribution < 1.29 is 9.53 Å². The van der Waals surface area contributed by atoms with Crippen LogP contribution in [-0.2, 0) is 11.3 Å². The highest BCUT2D eigenvalue weighted by Crippen LogP contribution is 2.15. The third-order valence-electron chi connectivity index (χ3n) is 2.01. The van der Waals surface area contributed by atoms with Crippen molar-refractivity contribution in [2.45, 2.75) is 20.4 Å². The summed E-state index contributed by atoms with van der Waals surface area (Å²) < 4.78 is 5.78. The zero-order valence-electron chi connectivity index (χ0n) is 8.84. The number of hydrogen-bond donors (Lipinski definition) is 1. The van der Waals surface area contributed by atoms with Gasteiger partial charge >= 0.3 is 6.09 Å². The first kappa shape index (κ1) is 12.0. The van der Waals surface area contributed by atoms with Gasteiger partial charge in [-0.3, -0.25) is 0 Å². The molecule has 3 nitrogen and oxygen atoms in total. The van der Waals surface area contributed by atoms with E-state index < -0.39 is 0 Å². The fraction of sp³-hybridized carbons (Fsp3) is 0.364. The summed E-state index contributed by atoms with van der Waals surface area (Å²) >= 11 is 3.39. The molecule has 0 aromatic heterocycles. The van der Waals surface area contributed by atoms with E-state index in [0.717, 1.165) is 15.6 Å². The standard InChI is InChI=1S/C11H14BrNO2/c1-3-15-11(14)13-7-9-6-10(12)5-4-8(9)2/h4-6H,3,7H2,1-2H3,(H,13,14). The predicted molar refractivity (Wildman–Crippen MR) is 62.7 cm³/mol. The zero-order chi connectivity index (χ0) is 11.3. The molecule has 0 bridgehead atoms. The fourth-order valence-corrected chi connectivity index (χ4v) is 1.59. The molecular weight excluding hydrogens is 258 g/mol. The van der Waals surface area contributed by atoms with E-state index >= 15 is 0 Å². The molecule has 0 aliphatic heterocycles. The summed E-state index contributed by atoms with van der Waals surface area (Å²) in [6, 6.07) is 5.97. The highest BCUT2D eigenvalue weighted by molar-refractivity contribution is 9.10. The van der Waals surface area contributed by atoms with Crippen LogP contribution in [-0.4, -0.2) is 12.7 Å². The summed E-state index contributed by atoms with van der Waals surface area (Å²) in [5.74, 6) is 0. The number of carbonyl (C=O) groups excluding carboxylic acids is 1. The Labute approximate surface area is 97.9 Å². The third-order valence-corrected chi connectivity index (χ3v) is 2.50. The van der Waals surface area contributed by atoms with E-state index in [-0.39, 0.29) is 6.09 Å². The van der Waals surface area contributed by atoms with Gasteiger partial charge in [-0.05, 0) is 37.1 Å². The SMILES string of the molecule is CCOC(=O)NCc1cc(Br)ccc1C. The van der Waals surface area contributed by atoms with Crippen molar-refractivity contribution in [3.63, 3.8) is 0 Å². The van der Waals surface area contributed by atoms with Gasteiger partial charge in [0.25, 0.3) is 0 Å². The number of alkyl carbamates (subject to hydrolysis) is 1. The van der Waals surface area contributed by atoms with E-state index in [2.05, 4.69) is 21.2 Å². The van der Waals surface area contributed by atoms with Crippen LogP contribution in [0.3, 0.4) is 0 Å². The first-order valence-corrected chi connectivity index (χ1v) is 5.58. The predicted octanol–water partition coefficient (Wildman–Crippen LogP) is 3.00. The molecular formula is C11H14BrNO2. The van der Waals surface area contributed by atoms with Crippen LogP contribution < -0.4 is 5.32 Å². The molecule has 15 heavy (non-hydrogen) atoms. The van der Waals surface area contributed by atoms with Gasteiger partial charge in [-0.1, -0.05) is 22.0 Å². The molecule has 1 N–H and O–H groups in total. The first-order chi connectivity index (χ1) is 7.13. The summed E-state index contributed by atoms with van der Waals surface area (Å²) in [6.45, 7) is 4.67. The van der Waals surface area contributed by atoms with Gasteiger partial charge in [0, 0.05) is 11.0 Å². The normalized spacial score (nSPS) is 9.80. The summed E-state index contributed by atoms with van der Waals surface area (Å²) in [5.41, 5.74) is 2.23.